The number of hydrogen-bond donors (Lipinski definition) is 0. The fourth-order valence-corrected chi connectivity index (χ4v) is 4.16. The maximum absolute atomic E-state index is 13.0. The molecule has 1 aliphatic heterocycles. The number of aryl methyl sites for hydroxylation is 1. The molecule has 156 valence electrons. The van der Waals surface area contributed by atoms with Crippen LogP contribution < -0.4 is 9.47 Å². The summed E-state index contributed by atoms with van der Waals surface area (Å²) in [6.45, 7) is 6.16. The first-order valence-corrected chi connectivity index (χ1v) is 11.2. The molecule has 0 unspecified atom stereocenters. The average molecular weight is 423 g/mol. The zero-order valence-corrected chi connectivity index (χ0v) is 18.0. The first-order chi connectivity index (χ1) is 14.7. The first-order valence-electron chi connectivity index (χ1n) is 10.3. The number of likely N-dealkylation sites (tertiary alicyclic amines) is 1. The number of benzene rings is 2. The quantitative estimate of drug-likeness (QED) is 0.467. The maximum Gasteiger partial charge on any atom is 0.196 e. The van der Waals surface area contributed by atoms with Gasteiger partial charge in [-0.15, -0.1) is 11.3 Å². The Kier molecular flexibility index (Phi) is 6.77. The van der Waals surface area contributed by atoms with E-state index >= 15 is 0 Å². The lowest BCUT2D eigenvalue weighted by Crippen LogP contribution is -2.25. The second-order valence-electron chi connectivity index (χ2n) is 7.39. The smallest absolute Gasteiger partial charge is 0.196 e. The molecule has 2 heterocycles. The fraction of sp³-hybridized carbons (Fsp3) is 0.333. The standard InChI is InChI=1S/C24H26N2O3S/c1-18-25-20(17-30-18)16-29-21-10-8-19(9-11-21)24(27)22-6-2-3-7-23(22)28-15-14-26-12-4-5-13-26/h2-3,6-11,17H,4-5,12-16H2,1H3. The minimum atomic E-state index is -0.0477. The summed E-state index contributed by atoms with van der Waals surface area (Å²) < 4.78 is 11.7. The van der Waals surface area contributed by atoms with Crippen molar-refractivity contribution in [2.24, 2.45) is 0 Å². The van der Waals surface area contributed by atoms with Gasteiger partial charge >= 0.3 is 0 Å². The highest BCUT2D eigenvalue weighted by Gasteiger charge is 2.16. The molecule has 1 saturated heterocycles. The molecule has 1 fully saturated rings. The highest BCUT2D eigenvalue weighted by molar-refractivity contribution is 7.09. The molecular weight excluding hydrogens is 396 g/mol. The van der Waals surface area contributed by atoms with Crippen molar-refractivity contribution in [1.29, 1.82) is 0 Å². The van der Waals surface area contributed by atoms with Gasteiger partial charge < -0.3 is 9.47 Å². The Balaban J connectivity index is 1.37. The van der Waals surface area contributed by atoms with Crippen LogP contribution in [0, 0.1) is 6.92 Å². The summed E-state index contributed by atoms with van der Waals surface area (Å²) in [5, 5.41) is 3.02. The van der Waals surface area contributed by atoms with E-state index in [1.54, 1.807) is 23.5 Å². The number of aromatic nitrogens is 1. The van der Waals surface area contributed by atoms with E-state index in [9.17, 15) is 4.79 Å². The van der Waals surface area contributed by atoms with E-state index in [1.165, 1.54) is 12.8 Å². The van der Waals surface area contributed by atoms with Crippen molar-refractivity contribution in [2.45, 2.75) is 26.4 Å². The molecule has 2 aromatic carbocycles. The van der Waals surface area contributed by atoms with E-state index in [0.717, 1.165) is 30.3 Å². The van der Waals surface area contributed by atoms with E-state index in [0.29, 0.717) is 35.8 Å². The number of carbonyl (C=O) groups excluding carboxylic acids is 1. The fourth-order valence-electron chi connectivity index (χ4n) is 3.56. The molecule has 0 aliphatic carbocycles. The Morgan fingerprint density at radius 1 is 1.07 bits per heavy atom. The van der Waals surface area contributed by atoms with E-state index in [4.69, 9.17) is 9.47 Å². The third kappa shape index (κ3) is 5.26. The summed E-state index contributed by atoms with van der Waals surface area (Å²) in [6.07, 6.45) is 2.52. The number of nitrogens with zero attached hydrogens (tertiary/aromatic N) is 2. The molecule has 0 amide bonds. The van der Waals surface area contributed by atoms with Crippen LogP contribution in [0.1, 0.15) is 39.5 Å². The van der Waals surface area contributed by atoms with Gasteiger partial charge in [-0.05, 0) is 69.3 Å². The molecule has 4 rings (SSSR count). The van der Waals surface area contributed by atoms with Gasteiger partial charge in [0.05, 0.1) is 16.3 Å². The summed E-state index contributed by atoms with van der Waals surface area (Å²) in [6, 6.07) is 14.7. The topological polar surface area (TPSA) is 51.7 Å². The lowest BCUT2D eigenvalue weighted by molar-refractivity contribution is 0.103. The van der Waals surface area contributed by atoms with Crippen LogP contribution in [0.2, 0.25) is 0 Å². The summed E-state index contributed by atoms with van der Waals surface area (Å²) in [5.41, 5.74) is 2.12. The van der Waals surface area contributed by atoms with Gasteiger partial charge in [0.15, 0.2) is 5.78 Å². The van der Waals surface area contributed by atoms with Crippen LogP contribution in [0.5, 0.6) is 11.5 Å². The molecule has 3 aromatic rings. The van der Waals surface area contributed by atoms with Gasteiger partial charge in [0.1, 0.15) is 24.7 Å². The number of rotatable bonds is 9. The van der Waals surface area contributed by atoms with Crippen LogP contribution in [-0.2, 0) is 6.61 Å². The lowest BCUT2D eigenvalue weighted by atomic mass is 10.0. The monoisotopic (exact) mass is 422 g/mol. The van der Waals surface area contributed by atoms with Gasteiger partial charge in [-0.1, -0.05) is 12.1 Å². The van der Waals surface area contributed by atoms with Gasteiger partial charge in [0.2, 0.25) is 0 Å². The number of ether oxygens (including phenoxy) is 2. The van der Waals surface area contributed by atoms with Crippen LogP contribution in [-0.4, -0.2) is 41.9 Å². The Bertz CT molecular complexity index is 978. The van der Waals surface area contributed by atoms with Gasteiger partial charge in [-0.25, -0.2) is 4.98 Å². The Morgan fingerprint density at radius 2 is 1.83 bits per heavy atom. The number of thiazole rings is 1. The van der Waals surface area contributed by atoms with Crippen molar-refractivity contribution >= 4 is 17.1 Å². The largest absolute Gasteiger partial charge is 0.491 e. The summed E-state index contributed by atoms with van der Waals surface area (Å²) in [4.78, 5) is 19.8. The van der Waals surface area contributed by atoms with Crippen molar-refractivity contribution in [2.75, 3.05) is 26.2 Å². The van der Waals surface area contributed by atoms with Crippen molar-refractivity contribution in [1.82, 2.24) is 9.88 Å². The van der Waals surface area contributed by atoms with Gasteiger partial charge in [0, 0.05) is 17.5 Å². The summed E-state index contributed by atoms with van der Waals surface area (Å²) >= 11 is 1.61. The summed E-state index contributed by atoms with van der Waals surface area (Å²) in [7, 11) is 0. The zero-order chi connectivity index (χ0) is 20.8. The molecule has 0 spiro atoms. The Labute approximate surface area is 181 Å². The van der Waals surface area contributed by atoms with Crippen LogP contribution in [0.3, 0.4) is 0 Å². The molecule has 0 saturated carbocycles. The highest BCUT2D eigenvalue weighted by Crippen LogP contribution is 2.23. The number of para-hydroxylation sites is 1. The minimum Gasteiger partial charge on any atom is -0.491 e. The van der Waals surface area contributed by atoms with E-state index < -0.39 is 0 Å². The van der Waals surface area contributed by atoms with Crippen molar-refractivity contribution in [3.63, 3.8) is 0 Å². The molecule has 0 bridgehead atoms. The predicted octanol–water partition coefficient (Wildman–Crippen LogP) is 4.74. The number of ketones is 1. The average Bonchev–Trinajstić information content (AvgIpc) is 3.44. The molecule has 6 heteroatoms. The Morgan fingerprint density at radius 3 is 2.57 bits per heavy atom. The second-order valence-corrected chi connectivity index (χ2v) is 8.46. The molecule has 0 radical (unpaired) electrons. The minimum absolute atomic E-state index is 0.0477. The van der Waals surface area contributed by atoms with Crippen LogP contribution in [0.15, 0.2) is 53.9 Å². The third-order valence-corrected chi connectivity index (χ3v) is 5.99. The third-order valence-electron chi connectivity index (χ3n) is 5.17. The van der Waals surface area contributed by atoms with Crippen LogP contribution >= 0.6 is 11.3 Å². The van der Waals surface area contributed by atoms with E-state index in [-0.39, 0.29) is 5.78 Å². The number of carbonyl (C=O) groups is 1. The van der Waals surface area contributed by atoms with Crippen molar-refractivity contribution < 1.29 is 14.3 Å². The Hall–Kier alpha value is -2.70. The normalized spacial score (nSPS) is 14.0. The van der Waals surface area contributed by atoms with Crippen LogP contribution in [0.4, 0.5) is 0 Å². The van der Waals surface area contributed by atoms with Gasteiger partial charge in [-0.3, -0.25) is 9.69 Å². The highest BCUT2D eigenvalue weighted by atomic mass is 32.1. The molecule has 1 aromatic heterocycles. The van der Waals surface area contributed by atoms with Crippen molar-refractivity contribution in [3.05, 3.63) is 75.7 Å². The van der Waals surface area contributed by atoms with Crippen LogP contribution in [0.25, 0.3) is 0 Å². The first kappa shape index (κ1) is 20.6. The SMILES string of the molecule is Cc1nc(COc2ccc(C(=O)c3ccccc3OCCN3CCCC3)cc2)cs1. The molecule has 30 heavy (non-hydrogen) atoms. The second kappa shape index (κ2) is 9.87. The molecule has 5 nitrogen and oxygen atoms in total. The van der Waals surface area contributed by atoms with E-state index in [1.807, 2.05) is 48.7 Å². The molecule has 1 aliphatic rings. The number of hydrogen-bond acceptors (Lipinski definition) is 6. The molecule has 0 atom stereocenters. The summed E-state index contributed by atoms with van der Waals surface area (Å²) in [5.74, 6) is 1.31. The molecular formula is C24H26N2O3S. The maximum atomic E-state index is 13.0. The van der Waals surface area contributed by atoms with Gasteiger partial charge in [0.25, 0.3) is 0 Å². The van der Waals surface area contributed by atoms with Crippen molar-refractivity contribution in [3.8, 4) is 11.5 Å². The predicted molar refractivity (Wildman–Crippen MR) is 119 cm³/mol. The lowest BCUT2D eigenvalue weighted by Gasteiger charge is -2.16. The van der Waals surface area contributed by atoms with Gasteiger partial charge in [-0.2, -0.15) is 0 Å². The zero-order valence-electron chi connectivity index (χ0n) is 17.2. The molecule has 0 N–H and O–H groups in total. The van der Waals surface area contributed by atoms with E-state index in [2.05, 4.69) is 9.88 Å².